The van der Waals surface area contributed by atoms with Crippen molar-refractivity contribution in [2.45, 2.75) is 39.2 Å². The Morgan fingerprint density at radius 1 is 1.46 bits per heavy atom. The highest BCUT2D eigenvalue weighted by atomic mass is 32.2. The lowest BCUT2D eigenvalue weighted by molar-refractivity contribution is 0.141. The average Bonchev–Trinajstić information content (AvgIpc) is 1.99. The first-order chi connectivity index (χ1) is 5.85. The number of hydrogen-bond donors (Lipinski definition) is 2. The number of primary sulfonamides is 1. The van der Waals surface area contributed by atoms with Crippen LogP contribution in [0.2, 0.25) is 0 Å². The number of rotatable bonds is 6. The van der Waals surface area contributed by atoms with Crippen LogP contribution in [0.3, 0.4) is 0 Å². The molecule has 0 heterocycles. The summed E-state index contributed by atoms with van der Waals surface area (Å²) in [5, 5.41) is 14.2. The fourth-order valence-corrected chi connectivity index (χ4v) is 1.65. The standard InChI is InChI=1S/C8H19NO3S/c1-3-7(2)6-8(10)4-5-13(9,11)12/h7-8,10H,3-6H2,1-2H3,(H2,9,11,12). The third-order valence-electron chi connectivity index (χ3n) is 2.11. The van der Waals surface area contributed by atoms with Crippen molar-refractivity contribution in [3.8, 4) is 0 Å². The zero-order valence-corrected chi connectivity index (χ0v) is 9.05. The number of aliphatic hydroxyl groups excluding tert-OH is 1. The quantitative estimate of drug-likeness (QED) is 0.667. The molecule has 2 atom stereocenters. The molecule has 0 radical (unpaired) electrons. The van der Waals surface area contributed by atoms with E-state index in [0.717, 1.165) is 6.42 Å². The third-order valence-corrected chi connectivity index (χ3v) is 2.91. The summed E-state index contributed by atoms with van der Waals surface area (Å²) in [7, 11) is -3.42. The SMILES string of the molecule is CCC(C)CC(O)CCS(N)(=O)=O. The normalized spacial score (nSPS) is 16.9. The fraction of sp³-hybridized carbons (Fsp3) is 1.00. The minimum atomic E-state index is -3.42. The minimum Gasteiger partial charge on any atom is -0.393 e. The second-order valence-electron chi connectivity index (χ2n) is 3.56. The lowest BCUT2D eigenvalue weighted by Crippen LogP contribution is -2.22. The molecule has 0 aromatic heterocycles. The van der Waals surface area contributed by atoms with Crippen molar-refractivity contribution in [3.05, 3.63) is 0 Å². The van der Waals surface area contributed by atoms with Gasteiger partial charge in [-0.25, -0.2) is 13.6 Å². The highest BCUT2D eigenvalue weighted by molar-refractivity contribution is 7.89. The number of nitrogens with two attached hydrogens (primary N) is 1. The van der Waals surface area contributed by atoms with E-state index in [1.54, 1.807) is 0 Å². The second kappa shape index (κ2) is 5.57. The van der Waals surface area contributed by atoms with E-state index < -0.39 is 16.1 Å². The van der Waals surface area contributed by atoms with E-state index in [9.17, 15) is 13.5 Å². The second-order valence-corrected chi connectivity index (χ2v) is 5.29. The maximum Gasteiger partial charge on any atom is 0.209 e. The summed E-state index contributed by atoms with van der Waals surface area (Å²) < 4.78 is 21.1. The van der Waals surface area contributed by atoms with Crippen LogP contribution in [0.1, 0.15) is 33.1 Å². The summed E-state index contributed by atoms with van der Waals surface area (Å²) in [6.07, 6.45) is 1.33. The zero-order valence-electron chi connectivity index (χ0n) is 8.23. The van der Waals surface area contributed by atoms with Crippen LogP contribution < -0.4 is 5.14 Å². The Balaban J connectivity index is 3.69. The first-order valence-electron chi connectivity index (χ1n) is 4.53. The molecule has 0 saturated heterocycles. The topological polar surface area (TPSA) is 80.4 Å². The lowest BCUT2D eigenvalue weighted by Gasteiger charge is -2.13. The molecule has 80 valence electrons. The van der Waals surface area contributed by atoms with Gasteiger partial charge >= 0.3 is 0 Å². The largest absolute Gasteiger partial charge is 0.393 e. The Labute approximate surface area is 80.2 Å². The molecule has 2 unspecified atom stereocenters. The Morgan fingerprint density at radius 3 is 2.38 bits per heavy atom. The van der Waals surface area contributed by atoms with E-state index in [0.29, 0.717) is 12.3 Å². The van der Waals surface area contributed by atoms with Crippen molar-refractivity contribution in [3.63, 3.8) is 0 Å². The molecule has 0 aliphatic rings. The van der Waals surface area contributed by atoms with Crippen LogP contribution in [0.5, 0.6) is 0 Å². The van der Waals surface area contributed by atoms with Gasteiger partial charge in [0.25, 0.3) is 0 Å². The molecule has 0 amide bonds. The first kappa shape index (κ1) is 12.9. The Hall–Kier alpha value is -0.130. The summed E-state index contributed by atoms with van der Waals surface area (Å²) in [6, 6.07) is 0. The Kier molecular flexibility index (Phi) is 5.51. The highest BCUT2D eigenvalue weighted by Gasteiger charge is 2.12. The van der Waals surface area contributed by atoms with Gasteiger partial charge in [0.2, 0.25) is 10.0 Å². The van der Waals surface area contributed by atoms with Crippen LogP contribution in [0.15, 0.2) is 0 Å². The van der Waals surface area contributed by atoms with Gasteiger partial charge in [-0.1, -0.05) is 20.3 Å². The Bertz CT molecular complexity index is 226. The van der Waals surface area contributed by atoms with Crippen LogP contribution in [-0.2, 0) is 10.0 Å². The van der Waals surface area contributed by atoms with Gasteiger partial charge in [0.15, 0.2) is 0 Å². The molecule has 0 aliphatic carbocycles. The number of aliphatic hydroxyl groups is 1. The third kappa shape index (κ3) is 8.21. The van der Waals surface area contributed by atoms with Crippen molar-refractivity contribution in [2.24, 2.45) is 11.1 Å². The fourth-order valence-electron chi connectivity index (χ4n) is 1.05. The molecule has 0 saturated carbocycles. The van der Waals surface area contributed by atoms with E-state index in [1.807, 2.05) is 13.8 Å². The molecule has 0 spiro atoms. The maximum absolute atomic E-state index is 10.6. The number of hydrogen-bond acceptors (Lipinski definition) is 3. The van der Waals surface area contributed by atoms with E-state index in [1.165, 1.54) is 0 Å². The smallest absolute Gasteiger partial charge is 0.209 e. The van der Waals surface area contributed by atoms with Gasteiger partial charge in [-0.3, -0.25) is 0 Å². The van der Waals surface area contributed by atoms with E-state index >= 15 is 0 Å². The zero-order chi connectivity index (χ0) is 10.5. The lowest BCUT2D eigenvalue weighted by atomic mass is 10.00. The molecular formula is C8H19NO3S. The highest BCUT2D eigenvalue weighted by Crippen LogP contribution is 2.12. The van der Waals surface area contributed by atoms with Gasteiger partial charge in [0.1, 0.15) is 0 Å². The van der Waals surface area contributed by atoms with Crippen molar-refractivity contribution < 1.29 is 13.5 Å². The summed E-state index contributed by atoms with van der Waals surface area (Å²) in [5.74, 6) is 0.292. The number of sulfonamides is 1. The van der Waals surface area contributed by atoms with Crippen LogP contribution in [0.4, 0.5) is 0 Å². The van der Waals surface area contributed by atoms with Crippen LogP contribution in [0, 0.1) is 5.92 Å². The van der Waals surface area contributed by atoms with Gasteiger partial charge < -0.3 is 5.11 Å². The van der Waals surface area contributed by atoms with Crippen molar-refractivity contribution in [1.29, 1.82) is 0 Å². The molecule has 0 bridgehead atoms. The van der Waals surface area contributed by atoms with Gasteiger partial charge in [0, 0.05) is 0 Å². The van der Waals surface area contributed by atoms with E-state index in [2.05, 4.69) is 0 Å². The molecule has 0 aromatic carbocycles. The summed E-state index contributed by atoms with van der Waals surface area (Å²) in [5.41, 5.74) is 0. The monoisotopic (exact) mass is 209 g/mol. The van der Waals surface area contributed by atoms with Gasteiger partial charge in [-0.15, -0.1) is 0 Å². The van der Waals surface area contributed by atoms with Crippen LogP contribution in [-0.4, -0.2) is 25.4 Å². The van der Waals surface area contributed by atoms with E-state index in [-0.39, 0.29) is 12.2 Å². The molecule has 0 rings (SSSR count). The van der Waals surface area contributed by atoms with Crippen molar-refractivity contribution in [1.82, 2.24) is 0 Å². The van der Waals surface area contributed by atoms with Crippen molar-refractivity contribution in [2.75, 3.05) is 5.75 Å². The summed E-state index contributed by atoms with van der Waals surface area (Å²) in [4.78, 5) is 0. The average molecular weight is 209 g/mol. The predicted molar refractivity (Wildman–Crippen MR) is 52.7 cm³/mol. The van der Waals surface area contributed by atoms with Gasteiger partial charge in [-0.05, 0) is 18.8 Å². The van der Waals surface area contributed by atoms with Crippen LogP contribution >= 0.6 is 0 Å². The van der Waals surface area contributed by atoms with Crippen LogP contribution in [0.25, 0.3) is 0 Å². The molecule has 3 N–H and O–H groups in total. The first-order valence-corrected chi connectivity index (χ1v) is 6.25. The molecular weight excluding hydrogens is 190 g/mol. The van der Waals surface area contributed by atoms with Gasteiger partial charge in [0.05, 0.1) is 11.9 Å². The predicted octanol–water partition coefficient (Wildman–Crippen LogP) is 0.462. The summed E-state index contributed by atoms with van der Waals surface area (Å²) in [6.45, 7) is 4.07. The summed E-state index contributed by atoms with van der Waals surface area (Å²) >= 11 is 0. The minimum absolute atomic E-state index is 0.134. The van der Waals surface area contributed by atoms with Crippen molar-refractivity contribution >= 4 is 10.0 Å². The van der Waals surface area contributed by atoms with Gasteiger partial charge in [-0.2, -0.15) is 0 Å². The molecule has 0 aromatic rings. The molecule has 0 aliphatic heterocycles. The molecule has 4 nitrogen and oxygen atoms in total. The molecule has 13 heavy (non-hydrogen) atoms. The molecule has 0 fully saturated rings. The van der Waals surface area contributed by atoms with E-state index in [4.69, 9.17) is 5.14 Å². The molecule has 5 heteroatoms. The maximum atomic E-state index is 10.6. The Morgan fingerprint density at radius 2 is 2.00 bits per heavy atom.